The Balaban J connectivity index is 2.48. The van der Waals surface area contributed by atoms with E-state index in [0.717, 1.165) is 23.2 Å². The van der Waals surface area contributed by atoms with E-state index in [4.69, 9.17) is 4.43 Å². The summed E-state index contributed by atoms with van der Waals surface area (Å²) in [4.78, 5) is 2.71. The molecule has 1 heterocycles. The molecule has 0 N–H and O–H groups in total. The molecule has 0 aromatic rings. The lowest BCUT2D eigenvalue weighted by Gasteiger charge is -2.53. The second-order valence-electron chi connectivity index (χ2n) is 9.83. The standard InChI is InChI=1S/C21H48N2OSi2/c1-10-24-25(8,9)18-12-11-13-22-14-16-23(17-15-22)26(19(2)3,20(4)5)21(6)7/h19-21H,10-18H2,1-9H3. The second kappa shape index (κ2) is 10.7. The predicted octanol–water partition coefficient (Wildman–Crippen LogP) is 5.80. The summed E-state index contributed by atoms with van der Waals surface area (Å²) in [6.45, 7) is 29.1. The van der Waals surface area contributed by atoms with Gasteiger partial charge in [-0.15, -0.1) is 0 Å². The molecule has 0 spiro atoms. The first-order chi connectivity index (χ1) is 12.1. The molecular weight excluding hydrogens is 352 g/mol. The molecule has 1 saturated heterocycles. The molecule has 1 fully saturated rings. The Morgan fingerprint density at radius 3 is 1.73 bits per heavy atom. The second-order valence-corrected chi connectivity index (χ2v) is 20.0. The van der Waals surface area contributed by atoms with Crippen molar-refractivity contribution in [2.24, 2.45) is 0 Å². The highest BCUT2D eigenvalue weighted by atomic mass is 28.4. The third-order valence-electron chi connectivity index (χ3n) is 6.73. The summed E-state index contributed by atoms with van der Waals surface area (Å²) in [5.41, 5.74) is 2.50. The zero-order valence-electron chi connectivity index (χ0n) is 19.4. The fraction of sp³-hybridized carbons (Fsp3) is 1.00. The van der Waals surface area contributed by atoms with Crippen LogP contribution in [0.15, 0.2) is 0 Å². The van der Waals surface area contributed by atoms with Gasteiger partial charge in [0.15, 0.2) is 8.32 Å². The smallest absolute Gasteiger partial charge is 0.186 e. The molecule has 5 heteroatoms. The van der Waals surface area contributed by atoms with Crippen LogP contribution in [0.3, 0.4) is 0 Å². The third-order valence-corrected chi connectivity index (χ3v) is 16.5. The maximum atomic E-state index is 5.96. The van der Waals surface area contributed by atoms with Crippen molar-refractivity contribution in [3.8, 4) is 0 Å². The van der Waals surface area contributed by atoms with Gasteiger partial charge in [-0.25, -0.2) is 0 Å². The van der Waals surface area contributed by atoms with E-state index in [1.54, 1.807) is 0 Å². The fourth-order valence-electron chi connectivity index (χ4n) is 5.80. The predicted molar refractivity (Wildman–Crippen MR) is 122 cm³/mol. The normalized spacial score (nSPS) is 18.5. The lowest BCUT2D eigenvalue weighted by Crippen LogP contribution is -2.65. The van der Waals surface area contributed by atoms with Crippen LogP contribution < -0.4 is 0 Å². The maximum Gasteiger partial charge on any atom is 0.186 e. The molecule has 3 nitrogen and oxygen atoms in total. The molecule has 0 atom stereocenters. The van der Waals surface area contributed by atoms with Gasteiger partial charge in [-0.2, -0.15) is 0 Å². The average molecular weight is 401 g/mol. The van der Waals surface area contributed by atoms with Crippen molar-refractivity contribution in [3.63, 3.8) is 0 Å². The van der Waals surface area contributed by atoms with Crippen molar-refractivity contribution in [1.82, 2.24) is 9.47 Å². The number of rotatable bonds is 11. The van der Waals surface area contributed by atoms with Crippen molar-refractivity contribution in [2.45, 2.75) is 97.1 Å². The molecule has 0 radical (unpaired) electrons. The van der Waals surface area contributed by atoms with Crippen LogP contribution in [0.5, 0.6) is 0 Å². The number of hydrogen-bond acceptors (Lipinski definition) is 3. The van der Waals surface area contributed by atoms with Gasteiger partial charge in [-0.3, -0.25) is 0 Å². The summed E-state index contributed by atoms with van der Waals surface area (Å²) >= 11 is 0. The Kier molecular flexibility index (Phi) is 10.1. The van der Waals surface area contributed by atoms with Crippen LogP contribution in [0.4, 0.5) is 0 Å². The fourth-order valence-corrected chi connectivity index (χ4v) is 15.0. The minimum Gasteiger partial charge on any atom is -0.418 e. The average Bonchev–Trinajstić information content (AvgIpc) is 2.52. The molecule has 156 valence electrons. The highest BCUT2D eigenvalue weighted by Gasteiger charge is 2.48. The quantitative estimate of drug-likeness (QED) is 0.322. The molecular formula is C21H48N2OSi2. The van der Waals surface area contributed by atoms with Crippen LogP contribution in [0.1, 0.15) is 61.3 Å². The van der Waals surface area contributed by atoms with Gasteiger partial charge in [-0.05, 0) is 55.7 Å². The first-order valence-electron chi connectivity index (χ1n) is 11.2. The van der Waals surface area contributed by atoms with Gasteiger partial charge in [0.25, 0.3) is 0 Å². The molecule has 0 saturated carbocycles. The van der Waals surface area contributed by atoms with E-state index in [1.165, 1.54) is 51.6 Å². The molecule has 0 aromatic heterocycles. The van der Waals surface area contributed by atoms with E-state index >= 15 is 0 Å². The van der Waals surface area contributed by atoms with Crippen LogP contribution in [-0.4, -0.2) is 65.3 Å². The van der Waals surface area contributed by atoms with Crippen LogP contribution in [0, 0.1) is 0 Å². The molecule has 0 bridgehead atoms. The molecule has 1 aliphatic heterocycles. The lowest BCUT2D eigenvalue weighted by atomic mass is 10.3. The Morgan fingerprint density at radius 1 is 0.808 bits per heavy atom. The minimum atomic E-state index is -1.43. The van der Waals surface area contributed by atoms with Crippen molar-refractivity contribution in [2.75, 3.05) is 39.3 Å². The van der Waals surface area contributed by atoms with E-state index in [0.29, 0.717) is 0 Å². The number of piperazine rings is 1. The van der Waals surface area contributed by atoms with E-state index < -0.39 is 16.6 Å². The van der Waals surface area contributed by atoms with Crippen LogP contribution >= 0.6 is 0 Å². The van der Waals surface area contributed by atoms with Gasteiger partial charge in [0.05, 0.1) is 0 Å². The molecule has 1 aliphatic rings. The number of nitrogens with zero attached hydrogens (tertiary/aromatic N) is 2. The minimum absolute atomic E-state index is 0.833. The monoisotopic (exact) mass is 400 g/mol. The van der Waals surface area contributed by atoms with Crippen LogP contribution in [0.2, 0.25) is 35.8 Å². The summed E-state index contributed by atoms with van der Waals surface area (Å²) in [5.74, 6) is 0. The largest absolute Gasteiger partial charge is 0.418 e. The summed E-state index contributed by atoms with van der Waals surface area (Å²) in [7, 11) is -2.82. The van der Waals surface area contributed by atoms with Crippen molar-refractivity contribution in [1.29, 1.82) is 0 Å². The zero-order valence-corrected chi connectivity index (χ0v) is 21.4. The van der Waals surface area contributed by atoms with Crippen LogP contribution in [-0.2, 0) is 4.43 Å². The summed E-state index contributed by atoms with van der Waals surface area (Å²) in [6.07, 6.45) is 2.67. The number of unbranched alkanes of at least 4 members (excludes halogenated alkanes) is 1. The van der Waals surface area contributed by atoms with Gasteiger partial charge in [0.1, 0.15) is 8.24 Å². The Labute approximate surface area is 167 Å². The van der Waals surface area contributed by atoms with Crippen molar-refractivity contribution in [3.05, 3.63) is 0 Å². The Bertz CT molecular complexity index is 370. The Morgan fingerprint density at radius 2 is 1.31 bits per heavy atom. The zero-order chi connectivity index (χ0) is 20.0. The van der Waals surface area contributed by atoms with Gasteiger partial charge in [0.2, 0.25) is 0 Å². The highest BCUT2D eigenvalue weighted by Crippen LogP contribution is 2.44. The van der Waals surface area contributed by atoms with Crippen molar-refractivity contribution >= 4 is 16.6 Å². The molecule has 26 heavy (non-hydrogen) atoms. The number of hydrogen-bond donors (Lipinski definition) is 0. The lowest BCUT2D eigenvalue weighted by molar-refractivity contribution is 0.175. The summed E-state index contributed by atoms with van der Waals surface area (Å²) in [5, 5.41) is 0. The SMILES string of the molecule is CCO[Si](C)(C)CCCCN1CCN([Si](C(C)C)(C(C)C)C(C)C)CC1. The third kappa shape index (κ3) is 6.16. The molecule has 0 aliphatic carbocycles. The Hall–Kier alpha value is 0.314. The molecule has 1 rings (SSSR count). The van der Waals surface area contributed by atoms with E-state index in [9.17, 15) is 0 Å². The van der Waals surface area contributed by atoms with Gasteiger partial charge < -0.3 is 13.9 Å². The van der Waals surface area contributed by atoms with E-state index in [1.807, 2.05) is 0 Å². The first kappa shape index (κ1) is 24.4. The topological polar surface area (TPSA) is 15.7 Å². The summed E-state index contributed by atoms with van der Waals surface area (Å²) < 4.78 is 8.93. The van der Waals surface area contributed by atoms with E-state index in [-0.39, 0.29) is 0 Å². The molecule has 0 amide bonds. The summed E-state index contributed by atoms with van der Waals surface area (Å²) in [6, 6.07) is 1.31. The van der Waals surface area contributed by atoms with Gasteiger partial charge in [0, 0.05) is 32.8 Å². The van der Waals surface area contributed by atoms with E-state index in [2.05, 4.69) is 71.0 Å². The van der Waals surface area contributed by atoms with Crippen molar-refractivity contribution < 1.29 is 4.43 Å². The van der Waals surface area contributed by atoms with Crippen LogP contribution in [0.25, 0.3) is 0 Å². The molecule has 0 aromatic carbocycles. The maximum absolute atomic E-state index is 5.96. The van der Waals surface area contributed by atoms with Gasteiger partial charge in [-0.1, -0.05) is 48.0 Å². The first-order valence-corrected chi connectivity index (χ1v) is 16.5. The van der Waals surface area contributed by atoms with Gasteiger partial charge >= 0.3 is 0 Å². The highest BCUT2D eigenvalue weighted by molar-refractivity contribution is 6.81. The molecule has 0 unspecified atom stereocenters.